The molecule has 25 heavy (non-hydrogen) atoms. The summed E-state index contributed by atoms with van der Waals surface area (Å²) in [7, 11) is 0. The SMILES string of the molecule is O=C(NCc1ccc(-c2ccn[nH]2)cc1)Nc1ccnn1CC1CC1. The Morgan fingerprint density at radius 3 is 2.72 bits per heavy atom. The third-order valence-corrected chi connectivity index (χ3v) is 4.30. The molecule has 0 radical (unpaired) electrons. The van der Waals surface area contributed by atoms with Gasteiger partial charge in [0.2, 0.25) is 0 Å². The maximum absolute atomic E-state index is 12.1. The molecule has 7 nitrogen and oxygen atoms in total. The molecule has 2 amide bonds. The monoisotopic (exact) mass is 336 g/mol. The van der Waals surface area contributed by atoms with Crippen molar-refractivity contribution in [3.63, 3.8) is 0 Å². The molecule has 1 aromatic carbocycles. The Morgan fingerprint density at radius 1 is 1.16 bits per heavy atom. The molecule has 0 aliphatic heterocycles. The van der Waals surface area contributed by atoms with Gasteiger partial charge >= 0.3 is 6.03 Å². The van der Waals surface area contributed by atoms with Crippen molar-refractivity contribution in [2.45, 2.75) is 25.9 Å². The lowest BCUT2D eigenvalue weighted by atomic mass is 10.1. The van der Waals surface area contributed by atoms with Crippen molar-refractivity contribution < 1.29 is 4.79 Å². The van der Waals surface area contributed by atoms with Gasteiger partial charge in [-0.15, -0.1) is 0 Å². The van der Waals surface area contributed by atoms with Crippen LogP contribution >= 0.6 is 0 Å². The summed E-state index contributed by atoms with van der Waals surface area (Å²) in [4.78, 5) is 12.1. The first-order valence-electron chi connectivity index (χ1n) is 8.43. The van der Waals surface area contributed by atoms with E-state index in [2.05, 4.69) is 25.9 Å². The number of hydrogen-bond donors (Lipinski definition) is 3. The van der Waals surface area contributed by atoms with Crippen LogP contribution in [0.25, 0.3) is 11.3 Å². The number of amides is 2. The first-order chi connectivity index (χ1) is 12.3. The van der Waals surface area contributed by atoms with Gasteiger partial charge < -0.3 is 5.32 Å². The van der Waals surface area contributed by atoms with E-state index in [0.29, 0.717) is 12.5 Å². The molecule has 0 unspecified atom stereocenters. The molecule has 128 valence electrons. The van der Waals surface area contributed by atoms with E-state index in [1.165, 1.54) is 12.8 Å². The lowest BCUT2D eigenvalue weighted by Crippen LogP contribution is -2.29. The zero-order valence-corrected chi connectivity index (χ0v) is 13.8. The highest BCUT2D eigenvalue weighted by atomic mass is 16.2. The Hall–Kier alpha value is -3.09. The fourth-order valence-electron chi connectivity index (χ4n) is 2.69. The van der Waals surface area contributed by atoms with Crippen LogP contribution in [0, 0.1) is 5.92 Å². The van der Waals surface area contributed by atoms with Gasteiger partial charge in [-0.3, -0.25) is 10.4 Å². The van der Waals surface area contributed by atoms with Gasteiger partial charge in [0.15, 0.2) is 0 Å². The van der Waals surface area contributed by atoms with E-state index in [1.807, 2.05) is 41.1 Å². The van der Waals surface area contributed by atoms with Crippen molar-refractivity contribution in [3.8, 4) is 11.3 Å². The number of aromatic amines is 1. The van der Waals surface area contributed by atoms with E-state index in [9.17, 15) is 4.79 Å². The van der Waals surface area contributed by atoms with Crippen LogP contribution in [-0.2, 0) is 13.1 Å². The fraction of sp³-hybridized carbons (Fsp3) is 0.278. The van der Waals surface area contributed by atoms with E-state index in [0.717, 1.165) is 29.2 Å². The molecular weight excluding hydrogens is 316 g/mol. The van der Waals surface area contributed by atoms with Gasteiger partial charge in [-0.2, -0.15) is 10.2 Å². The molecule has 2 heterocycles. The van der Waals surface area contributed by atoms with Gasteiger partial charge in [0, 0.05) is 25.4 Å². The summed E-state index contributed by atoms with van der Waals surface area (Å²) in [6, 6.07) is 11.5. The van der Waals surface area contributed by atoms with Gasteiger partial charge in [0.25, 0.3) is 0 Å². The molecule has 3 N–H and O–H groups in total. The summed E-state index contributed by atoms with van der Waals surface area (Å²) >= 11 is 0. The maximum atomic E-state index is 12.1. The Balaban J connectivity index is 1.30. The second kappa shape index (κ2) is 6.80. The standard InChI is InChI=1S/C18H20N6O/c25-18(22-17-8-10-21-24(17)12-14-1-2-14)19-11-13-3-5-15(6-4-13)16-7-9-20-23-16/h3-10,14H,1-2,11-12H2,(H,20,23)(H2,19,22,25). The molecule has 4 rings (SSSR count). The number of nitrogens with one attached hydrogen (secondary N) is 3. The number of aromatic nitrogens is 4. The van der Waals surface area contributed by atoms with E-state index in [4.69, 9.17) is 0 Å². The van der Waals surface area contributed by atoms with Gasteiger partial charge in [-0.25, -0.2) is 9.48 Å². The van der Waals surface area contributed by atoms with E-state index in [1.54, 1.807) is 12.4 Å². The molecule has 3 aromatic rings. The summed E-state index contributed by atoms with van der Waals surface area (Å²) in [5, 5.41) is 16.9. The lowest BCUT2D eigenvalue weighted by Gasteiger charge is -2.10. The summed E-state index contributed by atoms with van der Waals surface area (Å²) < 4.78 is 1.86. The Labute approximate surface area is 145 Å². The van der Waals surface area contributed by atoms with Crippen molar-refractivity contribution >= 4 is 11.8 Å². The fourth-order valence-corrected chi connectivity index (χ4v) is 2.69. The molecule has 1 aliphatic carbocycles. The second-order valence-corrected chi connectivity index (χ2v) is 6.32. The van der Waals surface area contributed by atoms with Crippen molar-refractivity contribution in [1.29, 1.82) is 0 Å². The minimum absolute atomic E-state index is 0.227. The first-order valence-corrected chi connectivity index (χ1v) is 8.43. The van der Waals surface area contributed by atoms with Crippen molar-refractivity contribution in [2.75, 3.05) is 5.32 Å². The summed E-state index contributed by atoms with van der Waals surface area (Å²) in [6.45, 7) is 1.34. The largest absolute Gasteiger partial charge is 0.334 e. The van der Waals surface area contributed by atoms with E-state index >= 15 is 0 Å². The highest BCUT2D eigenvalue weighted by Gasteiger charge is 2.23. The number of carbonyl (C=O) groups excluding carboxylic acids is 1. The van der Waals surface area contributed by atoms with Crippen LogP contribution in [0.4, 0.5) is 10.6 Å². The van der Waals surface area contributed by atoms with Gasteiger partial charge in [0.05, 0.1) is 11.9 Å². The number of urea groups is 1. The average Bonchev–Trinajstić information content (AvgIpc) is 3.09. The molecule has 2 aromatic heterocycles. The molecular formula is C18H20N6O. The number of hydrogen-bond acceptors (Lipinski definition) is 3. The van der Waals surface area contributed by atoms with Crippen molar-refractivity contribution in [1.82, 2.24) is 25.3 Å². The lowest BCUT2D eigenvalue weighted by molar-refractivity contribution is 0.251. The summed E-state index contributed by atoms with van der Waals surface area (Å²) in [5.41, 5.74) is 3.07. The van der Waals surface area contributed by atoms with Crippen molar-refractivity contribution in [2.24, 2.45) is 5.92 Å². The molecule has 1 aliphatic rings. The van der Waals surface area contributed by atoms with Gasteiger partial charge in [-0.1, -0.05) is 24.3 Å². The molecule has 1 saturated carbocycles. The smallest absolute Gasteiger partial charge is 0.320 e. The highest BCUT2D eigenvalue weighted by molar-refractivity contribution is 5.88. The third kappa shape index (κ3) is 3.88. The molecule has 7 heteroatoms. The number of nitrogens with zero attached hydrogens (tertiary/aromatic N) is 3. The van der Waals surface area contributed by atoms with Crippen LogP contribution in [0.2, 0.25) is 0 Å². The number of carbonyl (C=O) groups is 1. The Kier molecular flexibility index (Phi) is 4.20. The number of benzene rings is 1. The predicted octanol–water partition coefficient (Wildman–Crippen LogP) is 3.00. The van der Waals surface area contributed by atoms with Crippen LogP contribution < -0.4 is 10.6 Å². The predicted molar refractivity (Wildman–Crippen MR) is 94.8 cm³/mol. The molecule has 0 bridgehead atoms. The Bertz CT molecular complexity index is 833. The van der Waals surface area contributed by atoms with Crippen LogP contribution in [-0.4, -0.2) is 26.0 Å². The number of rotatable bonds is 6. The zero-order chi connectivity index (χ0) is 17.1. The topological polar surface area (TPSA) is 87.6 Å². The molecule has 0 saturated heterocycles. The summed E-state index contributed by atoms with van der Waals surface area (Å²) in [5.74, 6) is 1.44. The number of anilines is 1. The molecule has 1 fully saturated rings. The van der Waals surface area contributed by atoms with E-state index in [-0.39, 0.29) is 6.03 Å². The highest BCUT2D eigenvalue weighted by Crippen LogP contribution is 2.31. The molecule has 0 spiro atoms. The maximum Gasteiger partial charge on any atom is 0.320 e. The Morgan fingerprint density at radius 2 is 2.00 bits per heavy atom. The van der Waals surface area contributed by atoms with Gasteiger partial charge in [0.1, 0.15) is 5.82 Å². The van der Waals surface area contributed by atoms with E-state index < -0.39 is 0 Å². The normalized spacial score (nSPS) is 13.6. The molecule has 0 atom stereocenters. The van der Waals surface area contributed by atoms with Gasteiger partial charge in [-0.05, 0) is 36.0 Å². The zero-order valence-electron chi connectivity index (χ0n) is 13.8. The minimum atomic E-state index is -0.227. The minimum Gasteiger partial charge on any atom is -0.334 e. The van der Waals surface area contributed by atoms with Crippen LogP contribution in [0.15, 0.2) is 48.8 Å². The number of H-pyrrole nitrogens is 1. The van der Waals surface area contributed by atoms with Crippen LogP contribution in [0.3, 0.4) is 0 Å². The third-order valence-electron chi connectivity index (χ3n) is 4.30. The van der Waals surface area contributed by atoms with Crippen molar-refractivity contribution in [3.05, 3.63) is 54.4 Å². The first kappa shape index (κ1) is 15.4. The van der Waals surface area contributed by atoms with Crippen LogP contribution in [0.5, 0.6) is 0 Å². The quantitative estimate of drug-likeness (QED) is 0.646. The average molecular weight is 336 g/mol. The second-order valence-electron chi connectivity index (χ2n) is 6.32. The summed E-state index contributed by atoms with van der Waals surface area (Å²) in [6.07, 6.45) is 5.94. The van der Waals surface area contributed by atoms with Crippen LogP contribution in [0.1, 0.15) is 18.4 Å².